The second kappa shape index (κ2) is 3.34. The average molecular weight is 164 g/mol. The van der Waals surface area contributed by atoms with Gasteiger partial charge in [-0.05, 0) is 26.8 Å². The molecule has 0 bridgehead atoms. The molecule has 0 aliphatic rings. The van der Waals surface area contributed by atoms with Crippen LogP contribution in [0.25, 0.3) is 0 Å². The lowest BCUT2D eigenvalue weighted by Crippen LogP contribution is -1.96. The normalized spacial score (nSPS) is 10.9. The molecule has 0 spiro atoms. The van der Waals surface area contributed by atoms with Crippen LogP contribution >= 0.6 is 0 Å². The first-order chi connectivity index (χ1) is 5.66. The fourth-order valence-electron chi connectivity index (χ4n) is 1.12. The molecule has 12 heavy (non-hydrogen) atoms. The average Bonchev–Trinajstić information content (AvgIpc) is 2.32. The molecule has 1 aromatic heterocycles. The van der Waals surface area contributed by atoms with Crippen molar-refractivity contribution in [3.8, 4) is 0 Å². The van der Waals surface area contributed by atoms with Crippen LogP contribution in [0.1, 0.15) is 23.9 Å². The minimum Gasteiger partial charge on any atom is -0.361 e. The largest absolute Gasteiger partial charge is 0.361 e. The highest BCUT2D eigenvalue weighted by Crippen LogP contribution is 2.12. The third kappa shape index (κ3) is 1.44. The van der Waals surface area contributed by atoms with Crippen LogP contribution in [0.4, 0.5) is 0 Å². The summed E-state index contributed by atoms with van der Waals surface area (Å²) in [6.45, 7) is 5.53. The Morgan fingerprint density at radius 2 is 2.17 bits per heavy atom. The van der Waals surface area contributed by atoms with Crippen molar-refractivity contribution in [2.75, 3.05) is 0 Å². The molecule has 0 unspecified atom stereocenters. The molecule has 64 valence electrons. The lowest BCUT2D eigenvalue weighted by molar-refractivity contribution is 0.393. The first-order valence-corrected chi connectivity index (χ1v) is 3.81. The van der Waals surface area contributed by atoms with Gasteiger partial charge in [-0.3, -0.25) is 0 Å². The van der Waals surface area contributed by atoms with Crippen molar-refractivity contribution >= 4 is 5.71 Å². The Bertz CT molecular complexity index is 304. The minimum atomic E-state index is 0.453. The van der Waals surface area contributed by atoms with Crippen LogP contribution in [-0.4, -0.2) is 10.9 Å². The third-order valence-electron chi connectivity index (χ3n) is 1.64. The van der Waals surface area contributed by atoms with Crippen molar-refractivity contribution in [2.45, 2.75) is 20.8 Å². The molecule has 3 nitrogen and oxygen atoms in total. The maximum absolute atomic E-state index is 7.64. The predicted molar refractivity (Wildman–Crippen MR) is 47.6 cm³/mol. The number of hydrogen-bond acceptors (Lipinski definition) is 3. The molecule has 1 rings (SSSR count). The van der Waals surface area contributed by atoms with E-state index in [1.54, 1.807) is 6.08 Å². The van der Waals surface area contributed by atoms with E-state index in [9.17, 15) is 0 Å². The summed E-state index contributed by atoms with van der Waals surface area (Å²) in [4.78, 5) is 0. The van der Waals surface area contributed by atoms with E-state index in [4.69, 9.17) is 9.93 Å². The number of aromatic nitrogens is 1. The van der Waals surface area contributed by atoms with E-state index in [0.717, 1.165) is 11.3 Å². The fraction of sp³-hybridized carbons (Fsp3) is 0.333. The van der Waals surface area contributed by atoms with Crippen LogP contribution in [0.15, 0.2) is 16.7 Å². The molecule has 3 heteroatoms. The third-order valence-corrected chi connectivity index (χ3v) is 1.64. The number of rotatable bonds is 2. The Morgan fingerprint density at radius 3 is 2.58 bits per heavy atom. The lowest BCUT2D eigenvalue weighted by atomic mass is 10.1. The Labute approximate surface area is 71.6 Å². The van der Waals surface area contributed by atoms with E-state index >= 15 is 0 Å². The SMILES string of the molecule is C/C=C\C(=N)c1c(C)noc1C. The van der Waals surface area contributed by atoms with E-state index in [0.29, 0.717) is 11.5 Å². The quantitative estimate of drug-likeness (QED) is 0.681. The number of allylic oxidation sites excluding steroid dienone is 2. The monoisotopic (exact) mass is 164 g/mol. The first kappa shape index (κ1) is 8.71. The van der Waals surface area contributed by atoms with Crippen LogP contribution < -0.4 is 0 Å². The molecule has 1 heterocycles. The number of nitrogens with one attached hydrogen (secondary N) is 1. The van der Waals surface area contributed by atoms with Crippen LogP contribution in [0.5, 0.6) is 0 Å². The standard InChI is InChI=1S/C9H12N2O/c1-4-5-8(10)9-6(2)11-12-7(9)3/h4-5,10H,1-3H3/b5-4-,10-8?. The minimum absolute atomic E-state index is 0.453. The molecule has 0 aromatic carbocycles. The van der Waals surface area contributed by atoms with Gasteiger partial charge in [-0.15, -0.1) is 0 Å². The highest BCUT2D eigenvalue weighted by molar-refractivity contribution is 6.07. The highest BCUT2D eigenvalue weighted by Gasteiger charge is 2.10. The zero-order valence-corrected chi connectivity index (χ0v) is 7.51. The molecule has 0 saturated heterocycles. The van der Waals surface area contributed by atoms with Gasteiger partial charge in [-0.2, -0.15) is 0 Å². The van der Waals surface area contributed by atoms with Gasteiger partial charge < -0.3 is 9.93 Å². The van der Waals surface area contributed by atoms with Gasteiger partial charge in [0.05, 0.1) is 17.0 Å². The van der Waals surface area contributed by atoms with Gasteiger partial charge in [0.15, 0.2) is 0 Å². The summed E-state index contributed by atoms with van der Waals surface area (Å²) < 4.78 is 4.94. The van der Waals surface area contributed by atoms with Crippen molar-refractivity contribution in [3.63, 3.8) is 0 Å². The van der Waals surface area contributed by atoms with E-state index in [-0.39, 0.29) is 0 Å². The summed E-state index contributed by atoms with van der Waals surface area (Å²) in [5.41, 5.74) is 2.03. The summed E-state index contributed by atoms with van der Waals surface area (Å²) in [6, 6.07) is 0. The summed E-state index contributed by atoms with van der Waals surface area (Å²) in [6.07, 6.45) is 3.56. The van der Waals surface area contributed by atoms with Crippen molar-refractivity contribution in [1.82, 2.24) is 5.16 Å². The van der Waals surface area contributed by atoms with Gasteiger partial charge in [0.25, 0.3) is 0 Å². The Balaban J connectivity index is 3.09. The molecule has 0 atom stereocenters. The zero-order chi connectivity index (χ0) is 9.14. The molecule has 0 amide bonds. The van der Waals surface area contributed by atoms with Crippen LogP contribution in [0, 0.1) is 19.3 Å². The van der Waals surface area contributed by atoms with E-state index < -0.39 is 0 Å². The van der Waals surface area contributed by atoms with Gasteiger partial charge in [0.1, 0.15) is 5.76 Å². The van der Waals surface area contributed by atoms with Gasteiger partial charge in [0, 0.05) is 0 Å². The van der Waals surface area contributed by atoms with Gasteiger partial charge in [-0.25, -0.2) is 0 Å². The maximum atomic E-state index is 7.64. The molecular weight excluding hydrogens is 152 g/mol. The zero-order valence-electron chi connectivity index (χ0n) is 7.51. The second-order valence-electron chi connectivity index (χ2n) is 2.61. The van der Waals surface area contributed by atoms with Gasteiger partial charge >= 0.3 is 0 Å². The predicted octanol–water partition coefficient (Wildman–Crippen LogP) is 2.24. The summed E-state index contributed by atoms with van der Waals surface area (Å²) >= 11 is 0. The Morgan fingerprint density at radius 1 is 1.50 bits per heavy atom. The molecule has 0 radical (unpaired) electrons. The summed E-state index contributed by atoms with van der Waals surface area (Å²) in [5, 5.41) is 11.4. The maximum Gasteiger partial charge on any atom is 0.143 e. The number of hydrogen-bond donors (Lipinski definition) is 1. The van der Waals surface area contributed by atoms with Crippen LogP contribution in [-0.2, 0) is 0 Å². The van der Waals surface area contributed by atoms with Crippen LogP contribution in [0.3, 0.4) is 0 Å². The molecule has 1 aromatic rings. The molecule has 1 N–H and O–H groups in total. The van der Waals surface area contributed by atoms with E-state index in [1.165, 1.54) is 0 Å². The number of nitrogens with zero attached hydrogens (tertiary/aromatic N) is 1. The summed E-state index contributed by atoms with van der Waals surface area (Å²) in [7, 11) is 0. The molecule has 0 fully saturated rings. The second-order valence-corrected chi connectivity index (χ2v) is 2.61. The first-order valence-electron chi connectivity index (χ1n) is 3.81. The van der Waals surface area contributed by atoms with E-state index in [2.05, 4.69) is 5.16 Å². The van der Waals surface area contributed by atoms with Gasteiger partial charge in [0.2, 0.25) is 0 Å². The molecule has 0 aliphatic carbocycles. The topological polar surface area (TPSA) is 49.9 Å². The summed E-state index contributed by atoms with van der Waals surface area (Å²) in [5.74, 6) is 0.704. The lowest BCUT2D eigenvalue weighted by Gasteiger charge is -1.94. The van der Waals surface area contributed by atoms with Crippen molar-refractivity contribution < 1.29 is 4.52 Å². The Kier molecular flexibility index (Phi) is 2.43. The fourth-order valence-corrected chi connectivity index (χ4v) is 1.12. The van der Waals surface area contributed by atoms with Gasteiger partial charge in [-0.1, -0.05) is 11.2 Å². The van der Waals surface area contributed by atoms with E-state index in [1.807, 2.05) is 26.8 Å². The highest BCUT2D eigenvalue weighted by atomic mass is 16.5. The van der Waals surface area contributed by atoms with Crippen LogP contribution in [0.2, 0.25) is 0 Å². The number of aryl methyl sites for hydroxylation is 2. The molecule has 0 saturated carbocycles. The van der Waals surface area contributed by atoms with Crippen molar-refractivity contribution in [2.24, 2.45) is 0 Å². The molecule has 0 aliphatic heterocycles. The van der Waals surface area contributed by atoms with Crippen molar-refractivity contribution in [3.05, 3.63) is 29.2 Å². The molecular formula is C9H12N2O. The smallest absolute Gasteiger partial charge is 0.143 e. The Hall–Kier alpha value is -1.38. The van der Waals surface area contributed by atoms with Crippen molar-refractivity contribution in [1.29, 1.82) is 5.41 Å².